The van der Waals surface area contributed by atoms with Gasteiger partial charge in [0.2, 0.25) is 5.79 Å². The molecule has 4 saturated carbocycles. The van der Waals surface area contributed by atoms with Crippen molar-refractivity contribution in [2.75, 3.05) is 6.61 Å². The molecule has 0 aromatic heterocycles. The third-order valence-electron chi connectivity index (χ3n) is 9.01. The van der Waals surface area contributed by atoms with E-state index in [2.05, 4.69) is 20.4 Å². The molecule has 0 amide bonds. The first-order valence-corrected chi connectivity index (χ1v) is 10.6. The minimum atomic E-state index is -2.21. The predicted molar refractivity (Wildman–Crippen MR) is 100 cm³/mol. The SMILES string of the molecule is C=C1C(=O)[C@]23[C@H](O)[C@H]1C[C@H](O)[C@H]2[C@]12CCCC(C)(C)[C@H]1[C@H](OC(C)=O)[C@@]3(O)OC2. The summed E-state index contributed by atoms with van der Waals surface area (Å²) in [5, 5.41) is 34.6. The molecule has 3 N–H and O–H groups in total. The molecule has 6 rings (SSSR count). The summed E-state index contributed by atoms with van der Waals surface area (Å²) in [6, 6.07) is 0. The fourth-order valence-corrected chi connectivity index (χ4v) is 8.31. The summed E-state index contributed by atoms with van der Waals surface area (Å²) < 4.78 is 11.7. The van der Waals surface area contributed by atoms with Crippen LogP contribution in [0.2, 0.25) is 0 Å². The standard InChI is InChI=1S/C22H30O7/c1-10-12-8-13(24)14-20-7-5-6-19(3,4)15(20)18(29-11(2)23)22(27,28-9-20)21(14,16(10)25)17(12)26/h12-15,17-18,24,26-27H,1,5-9H2,2-4H3/t12-,13-,14-,15+,17+,18-,20+,21-,22+/m0/s1. The molecule has 7 nitrogen and oxygen atoms in total. The summed E-state index contributed by atoms with van der Waals surface area (Å²) in [5.41, 5.74) is -2.54. The Morgan fingerprint density at radius 2 is 1.93 bits per heavy atom. The Hall–Kier alpha value is -1.28. The molecule has 160 valence electrons. The third kappa shape index (κ3) is 1.90. The lowest BCUT2D eigenvalue weighted by molar-refractivity contribution is -0.455. The van der Waals surface area contributed by atoms with Gasteiger partial charge in [0.15, 0.2) is 11.9 Å². The number of ether oxygens (including phenoxy) is 2. The molecule has 9 atom stereocenters. The van der Waals surface area contributed by atoms with E-state index in [1.165, 1.54) is 6.92 Å². The normalized spacial score (nSPS) is 54.7. The van der Waals surface area contributed by atoms with Crippen LogP contribution in [0.1, 0.15) is 46.5 Å². The van der Waals surface area contributed by atoms with Crippen LogP contribution >= 0.6 is 0 Å². The van der Waals surface area contributed by atoms with Gasteiger partial charge in [0.1, 0.15) is 5.41 Å². The highest BCUT2D eigenvalue weighted by atomic mass is 16.7. The first kappa shape index (κ1) is 19.7. The van der Waals surface area contributed by atoms with Crippen molar-refractivity contribution in [3.8, 4) is 0 Å². The van der Waals surface area contributed by atoms with Crippen LogP contribution < -0.4 is 0 Å². The minimum Gasteiger partial charge on any atom is -0.456 e. The maximum atomic E-state index is 13.6. The fourth-order valence-electron chi connectivity index (χ4n) is 8.31. The van der Waals surface area contributed by atoms with Crippen LogP contribution in [0.5, 0.6) is 0 Å². The van der Waals surface area contributed by atoms with E-state index >= 15 is 0 Å². The number of carbonyl (C=O) groups excluding carboxylic acids is 2. The van der Waals surface area contributed by atoms with Crippen LogP contribution in [0.15, 0.2) is 12.2 Å². The number of aliphatic hydroxyl groups is 3. The largest absolute Gasteiger partial charge is 0.456 e. The molecule has 4 aliphatic carbocycles. The van der Waals surface area contributed by atoms with Crippen molar-refractivity contribution in [3.63, 3.8) is 0 Å². The lowest BCUT2D eigenvalue weighted by Crippen LogP contribution is -2.85. The van der Waals surface area contributed by atoms with Gasteiger partial charge in [-0.1, -0.05) is 26.8 Å². The number of Topliss-reactive ketones (excluding diaryl/α,β-unsaturated/α-hetero) is 1. The Kier molecular flexibility index (Phi) is 3.73. The van der Waals surface area contributed by atoms with Crippen molar-refractivity contribution in [1.82, 2.24) is 0 Å². The Balaban J connectivity index is 1.82. The minimum absolute atomic E-state index is 0.163. The number of hydrogen-bond acceptors (Lipinski definition) is 7. The molecule has 2 heterocycles. The predicted octanol–water partition coefficient (Wildman–Crippen LogP) is 0.946. The second-order valence-corrected chi connectivity index (χ2v) is 10.6. The van der Waals surface area contributed by atoms with Crippen molar-refractivity contribution < 1.29 is 34.4 Å². The van der Waals surface area contributed by atoms with Crippen LogP contribution in [0.3, 0.4) is 0 Å². The van der Waals surface area contributed by atoms with Gasteiger partial charge in [-0.15, -0.1) is 0 Å². The number of esters is 1. The third-order valence-corrected chi connectivity index (χ3v) is 9.01. The van der Waals surface area contributed by atoms with Crippen LogP contribution in [0, 0.1) is 34.0 Å². The van der Waals surface area contributed by atoms with Crippen molar-refractivity contribution >= 4 is 11.8 Å². The van der Waals surface area contributed by atoms with Gasteiger partial charge in [-0.05, 0) is 30.3 Å². The molecule has 0 aromatic carbocycles. The molecule has 4 bridgehead atoms. The van der Waals surface area contributed by atoms with Gasteiger partial charge in [0, 0.05) is 30.1 Å². The summed E-state index contributed by atoms with van der Waals surface area (Å²) in [6.45, 7) is 9.48. The average Bonchev–Trinajstić information content (AvgIpc) is 2.73. The smallest absolute Gasteiger partial charge is 0.303 e. The van der Waals surface area contributed by atoms with Gasteiger partial charge < -0.3 is 24.8 Å². The average molecular weight is 406 g/mol. The molecular weight excluding hydrogens is 376 g/mol. The van der Waals surface area contributed by atoms with Gasteiger partial charge in [0.25, 0.3) is 0 Å². The quantitative estimate of drug-likeness (QED) is 0.439. The van der Waals surface area contributed by atoms with Gasteiger partial charge in [-0.25, -0.2) is 0 Å². The molecule has 7 heteroatoms. The van der Waals surface area contributed by atoms with E-state index in [0.717, 1.165) is 12.8 Å². The second-order valence-electron chi connectivity index (χ2n) is 10.6. The Labute approximate surface area is 170 Å². The van der Waals surface area contributed by atoms with Crippen LogP contribution in [-0.4, -0.2) is 57.8 Å². The first-order valence-electron chi connectivity index (χ1n) is 10.6. The lowest BCUT2D eigenvalue weighted by atomic mass is 9.36. The Morgan fingerprint density at radius 1 is 1.24 bits per heavy atom. The molecule has 2 aliphatic heterocycles. The van der Waals surface area contributed by atoms with Gasteiger partial charge in [-0.3, -0.25) is 9.59 Å². The Morgan fingerprint density at radius 3 is 2.59 bits per heavy atom. The highest BCUT2D eigenvalue weighted by Gasteiger charge is 2.88. The summed E-state index contributed by atoms with van der Waals surface area (Å²) >= 11 is 0. The summed E-state index contributed by atoms with van der Waals surface area (Å²) in [5.74, 6) is -4.86. The molecule has 29 heavy (non-hydrogen) atoms. The van der Waals surface area contributed by atoms with E-state index in [1.807, 2.05) is 0 Å². The molecule has 6 fully saturated rings. The van der Waals surface area contributed by atoms with E-state index in [-0.39, 0.29) is 29.9 Å². The molecular formula is C22H30O7. The van der Waals surface area contributed by atoms with E-state index < -0.39 is 58.5 Å². The number of rotatable bonds is 1. The van der Waals surface area contributed by atoms with Crippen molar-refractivity contribution in [3.05, 3.63) is 12.2 Å². The lowest BCUT2D eigenvalue weighted by Gasteiger charge is -2.74. The van der Waals surface area contributed by atoms with E-state index in [1.54, 1.807) is 0 Å². The van der Waals surface area contributed by atoms with Crippen LogP contribution in [0.25, 0.3) is 0 Å². The van der Waals surface area contributed by atoms with Gasteiger partial charge >= 0.3 is 5.97 Å². The van der Waals surface area contributed by atoms with E-state index in [9.17, 15) is 24.9 Å². The van der Waals surface area contributed by atoms with E-state index in [4.69, 9.17) is 9.47 Å². The van der Waals surface area contributed by atoms with E-state index in [0.29, 0.717) is 6.42 Å². The topological polar surface area (TPSA) is 113 Å². The van der Waals surface area contributed by atoms with Gasteiger partial charge in [0.05, 0.1) is 18.8 Å². The van der Waals surface area contributed by atoms with Crippen molar-refractivity contribution in [2.45, 2.75) is 70.6 Å². The summed E-state index contributed by atoms with van der Waals surface area (Å²) in [4.78, 5) is 25.7. The first-order chi connectivity index (χ1) is 13.4. The zero-order valence-corrected chi connectivity index (χ0v) is 17.2. The monoisotopic (exact) mass is 406 g/mol. The molecule has 0 aromatic rings. The maximum Gasteiger partial charge on any atom is 0.303 e. The maximum absolute atomic E-state index is 13.6. The molecule has 2 saturated heterocycles. The number of ketones is 1. The number of carbonyl (C=O) groups is 2. The second kappa shape index (κ2) is 5.49. The molecule has 0 unspecified atom stereocenters. The highest BCUT2D eigenvalue weighted by Crippen LogP contribution is 2.76. The fraction of sp³-hybridized carbons (Fsp3) is 0.818. The Bertz CT molecular complexity index is 820. The van der Waals surface area contributed by atoms with Crippen molar-refractivity contribution in [2.24, 2.45) is 34.0 Å². The summed E-state index contributed by atoms with van der Waals surface area (Å²) in [6.07, 6.45) is -0.563. The van der Waals surface area contributed by atoms with Gasteiger partial charge in [-0.2, -0.15) is 0 Å². The van der Waals surface area contributed by atoms with Crippen molar-refractivity contribution in [1.29, 1.82) is 0 Å². The number of aliphatic hydroxyl groups excluding tert-OH is 2. The number of hydrogen-bond donors (Lipinski definition) is 3. The molecule has 2 spiro atoms. The molecule has 6 aliphatic rings. The van der Waals surface area contributed by atoms with Crippen LogP contribution in [-0.2, 0) is 19.1 Å². The highest BCUT2D eigenvalue weighted by molar-refractivity contribution is 6.05. The summed E-state index contributed by atoms with van der Waals surface area (Å²) in [7, 11) is 0. The zero-order valence-electron chi connectivity index (χ0n) is 17.2. The number of fused-ring (bicyclic) bond motifs is 2. The zero-order chi connectivity index (χ0) is 21.1. The molecule has 0 radical (unpaired) electrons. The van der Waals surface area contributed by atoms with Crippen LogP contribution in [0.4, 0.5) is 0 Å².